The zero-order valence-electron chi connectivity index (χ0n) is 23.7. The Balaban J connectivity index is 1.60. The number of aliphatic hydroxyl groups is 1. The van der Waals surface area contributed by atoms with Gasteiger partial charge < -0.3 is 34.4 Å². The Hall–Kier alpha value is -3.22. The third-order valence-electron chi connectivity index (χ3n) is 8.29. The first kappa shape index (κ1) is 30.2. The monoisotopic (exact) mass is 645 g/mol. The van der Waals surface area contributed by atoms with E-state index in [9.17, 15) is 24.3 Å². The molecule has 1 aromatic carbocycles. The second-order valence-corrected chi connectivity index (χ2v) is 11.9. The summed E-state index contributed by atoms with van der Waals surface area (Å²) in [5.41, 5.74) is -0.801. The number of nitrogens with zero attached hydrogens (tertiary/aromatic N) is 2. The molecular weight excluding hydrogens is 610 g/mol. The summed E-state index contributed by atoms with van der Waals surface area (Å²) in [4.78, 5) is 57.8. The third-order valence-corrected chi connectivity index (χ3v) is 8.97. The van der Waals surface area contributed by atoms with E-state index in [1.807, 2.05) is 12.2 Å². The minimum atomic E-state index is -1.39. The maximum Gasteiger partial charge on any atom is 0.313 e. The Labute approximate surface area is 253 Å². The van der Waals surface area contributed by atoms with Crippen LogP contribution < -0.4 is 15.0 Å². The van der Waals surface area contributed by atoms with Gasteiger partial charge in [-0.1, -0.05) is 28.1 Å². The van der Waals surface area contributed by atoms with Gasteiger partial charge in [-0.2, -0.15) is 0 Å². The van der Waals surface area contributed by atoms with Crippen LogP contribution >= 0.6 is 15.9 Å². The molecule has 12 heteroatoms. The summed E-state index contributed by atoms with van der Waals surface area (Å²) in [6, 6.07) is 5.97. The lowest BCUT2D eigenvalue weighted by Crippen LogP contribution is -2.56. The first-order valence-electron chi connectivity index (χ1n) is 14.3. The smallest absolute Gasteiger partial charge is 0.313 e. The van der Waals surface area contributed by atoms with Crippen molar-refractivity contribution in [1.82, 2.24) is 10.2 Å². The molecule has 2 saturated heterocycles. The number of allylic oxidation sites excluding steroid dienone is 1. The highest BCUT2D eigenvalue weighted by Gasteiger charge is 2.74. The predicted molar refractivity (Wildman–Crippen MR) is 156 cm³/mol. The van der Waals surface area contributed by atoms with E-state index >= 15 is 0 Å². The van der Waals surface area contributed by atoms with Gasteiger partial charge in [0.15, 0.2) is 0 Å². The van der Waals surface area contributed by atoms with Crippen molar-refractivity contribution in [3.63, 3.8) is 0 Å². The van der Waals surface area contributed by atoms with E-state index < -0.39 is 41.7 Å². The van der Waals surface area contributed by atoms with Crippen LogP contribution in [0.2, 0.25) is 0 Å². The van der Waals surface area contributed by atoms with Crippen molar-refractivity contribution < 1.29 is 38.5 Å². The van der Waals surface area contributed by atoms with E-state index in [0.717, 1.165) is 0 Å². The van der Waals surface area contributed by atoms with Gasteiger partial charge in [0.1, 0.15) is 35.5 Å². The van der Waals surface area contributed by atoms with Crippen molar-refractivity contribution >= 4 is 45.3 Å². The molecule has 1 spiro atoms. The average molecular weight is 647 g/mol. The van der Waals surface area contributed by atoms with Crippen LogP contribution in [0, 0.1) is 11.8 Å². The molecule has 11 nitrogen and oxygen atoms in total. The third kappa shape index (κ3) is 5.47. The van der Waals surface area contributed by atoms with Gasteiger partial charge in [0.2, 0.25) is 11.8 Å². The Kier molecular flexibility index (Phi) is 9.05. The van der Waals surface area contributed by atoms with Crippen LogP contribution in [0.4, 0.5) is 5.69 Å². The fourth-order valence-corrected chi connectivity index (χ4v) is 7.05. The van der Waals surface area contributed by atoms with Gasteiger partial charge >= 0.3 is 5.97 Å². The van der Waals surface area contributed by atoms with Crippen LogP contribution in [-0.2, 0) is 28.7 Å². The van der Waals surface area contributed by atoms with E-state index in [1.165, 1.54) is 4.90 Å². The van der Waals surface area contributed by atoms with Gasteiger partial charge in [0.05, 0.1) is 19.6 Å². The normalized spacial score (nSPS) is 32.4. The molecule has 1 aromatic rings. The highest BCUT2D eigenvalue weighted by Crippen LogP contribution is 2.59. The maximum atomic E-state index is 14.7. The largest absolute Gasteiger partial charge is 0.497 e. The topological polar surface area (TPSA) is 135 Å². The van der Waals surface area contributed by atoms with E-state index in [2.05, 4.69) is 21.2 Å². The zero-order valence-corrected chi connectivity index (χ0v) is 25.2. The number of cyclic esters (lactones) is 1. The van der Waals surface area contributed by atoms with Crippen LogP contribution in [0.3, 0.4) is 0 Å². The first-order valence-corrected chi connectivity index (χ1v) is 15.1. The summed E-state index contributed by atoms with van der Waals surface area (Å²) >= 11 is 3.54. The fourth-order valence-electron chi connectivity index (χ4n) is 6.31. The van der Waals surface area contributed by atoms with Crippen LogP contribution in [0.15, 0.2) is 47.0 Å². The minimum absolute atomic E-state index is 0.0502. The Morgan fingerprint density at radius 1 is 1.12 bits per heavy atom. The van der Waals surface area contributed by atoms with Gasteiger partial charge in [0, 0.05) is 36.3 Å². The van der Waals surface area contributed by atoms with Crippen LogP contribution in [0.25, 0.3) is 0 Å². The van der Waals surface area contributed by atoms with Crippen LogP contribution in [0.5, 0.6) is 5.75 Å². The number of nitrogens with one attached hydrogen (secondary N) is 1. The Morgan fingerprint density at radius 3 is 2.60 bits per heavy atom. The lowest BCUT2D eigenvalue weighted by Gasteiger charge is -2.36. The first-order chi connectivity index (χ1) is 20.2. The summed E-state index contributed by atoms with van der Waals surface area (Å²) in [5, 5.41) is 12.2. The molecule has 2 fully saturated rings. The van der Waals surface area contributed by atoms with Crippen molar-refractivity contribution in [2.45, 2.75) is 56.5 Å². The quantitative estimate of drug-likeness (QED) is 0.273. The molecular formula is C30H36BrN3O8. The summed E-state index contributed by atoms with van der Waals surface area (Å²) < 4.78 is 18.1. The second kappa shape index (κ2) is 12.6. The number of hydrogen-bond donors (Lipinski definition) is 2. The molecule has 0 saturated carbocycles. The maximum absolute atomic E-state index is 14.7. The summed E-state index contributed by atoms with van der Waals surface area (Å²) in [6.45, 7) is 2.15. The van der Waals surface area contributed by atoms with Gasteiger partial charge in [-0.25, -0.2) is 0 Å². The molecule has 4 heterocycles. The molecule has 6 atom stereocenters. The number of carbonyl (C=O) groups excluding carboxylic acids is 4. The van der Waals surface area contributed by atoms with Gasteiger partial charge in [0.25, 0.3) is 5.91 Å². The van der Waals surface area contributed by atoms with E-state index in [1.54, 1.807) is 49.3 Å². The van der Waals surface area contributed by atoms with Crippen molar-refractivity contribution in [3.8, 4) is 5.75 Å². The highest BCUT2D eigenvalue weighted by atomic mass is 79.9. The minimum Gasteiger partial charge on any atom is -0.497 e. The molecule has 0 radical (unpaired) electrons. The fraction of sp³-hybridized carbons (Fsp3) is 0.533. The molecule has 0 aliphatic carbocycles. The number of carbonyl (C=O) groups is 4. The molecule has 0 aromatic heterocycles. The lowest BCUT2D eigenvalue weighted by molar-refractivity contribution is -0.158. The number of likely N-dealkylation sites (tertiary alicyclic amines) is 1. The van der Waals surface area contributed by atoms with Crippen molar-refractivity contribution in [3.05, 3.63) is 47.0 Å². The number of esters is 1. The number of aliphatic hydroxyl groups excluding tert-OH is 1. The number of halogens is 1. The molecule has 0 unspecified atom stereocenters. The number of anilines is 1. The number of amides is 3. The number of hydrogen-bond acceptors (Lipinski definition) is 8. The van der Waals surface area contributed by atoms with Gasteiger partial charge in [-0.3, -0.25) is 19.2 Å². The van der Waals surface area contributed by atoms with Crippen LogP contribution in [0.1, 0.15) is 32.6 Å². The molecule has 2 N–H and O–H groups in total. The Morgan fingerprint density at radius 2 is 1.88 bits per heavy atom. The van der Waals surface area contributed by atoms with Crippen LogP contribution in [-0.4, -0.2) is 90.9 Å². The van der Waals surface area contributed by atoms with Crippen molar-refractivity contribution in [1.29, 1.82) is 0 Å². The molecule has 5 rings (SSSR count). The van der Waals surface area contributed by atoms with Crippen molar-refractivity contribution in [2.24, 2.45) is 11.8 Å². The molecule has 4 aliphatic rings. The van der Waals surface area contributed by atoms with Gasteiger partial charge in [-0.15, -0.1) is 0 Å². The van der Waals surface area contributed by atoms with E-state index in [4.69, 9.17) is 14.2 Å². The molecule has 42 heavy (non-hydrogen) atoms. The van der Waals surface area contributed by atoms with E-state index in [-0.39, 0.29) is 50.4 Å². The predicted octanol–water partition coefficient (Wildman–Crippen LogP) is 2.07. The summed E-state index contributed by atoms with van der Waals surface area (Å²) in [7, 11) is 1.56. The number of benzene rings is 1. The number of methoxy groups -OCH3 is 1. The molecule has 5 bridgehead atoms. The molecule has 226 valence electrons. The lowest BCUT2D eigenvalue weighted by atomic mass is 9.74. The highest BCUT2D eigenvalue weighted by molar-refractivity contribution is 9.11. The molecule has 4 aliphatic heterocycles. The van der Waals surface area contributed by atoms with Crippen molar-refractivity contribution in [2.75, 3.05) is 38.3 Å². The summed E-state index contributed by atoms with van der Waals surface area (Å²) in [6.07, 6.45) is 5.63. The second-order valence-electron chi connectivity index (χ2n) is 11.0. The number of fused-ring (bicyclic) bond motifs is 2. The SMILES string of the molecule is COc1ccc(N2C/C=C\CCC(=O)NC[C@H](C)OC(=O)[C@H]3[C@@H]4O[C@@]5(C=C4Br)[C@@H]3C(=O)N(CCCCO)[C@@H]5C2=O)cc1. The average Bonchev–Trinajstić information content (AvgIpc) is 3.56. The van der Waals surface area contributed by atoms with E-state index in [0.29, 0.717) is 35.2 Å². The Bertz CT molecular complexity index is 1280. The number of rotatable bonds is 6. The van der Waals surface area contributed by atoms with Gasteiger partial charge in [-0.05, 0) is 56.5 Å². The number of unbranched alkanes of at least 4 members (excludes halogenated alkanes) is 1. The standard InChI is InChI=1S/C30H36BrN3O8/c1-18-17-32-22(36)8-4-3-5-13-33(19-9-11-20(40-2)12-10-19)28(38)26-30-16-21(31)25(42-30)23(29(39)41-18)24(30)27(37)34(26)14-6-7-15-35/h3,5,9-12,16,18,23-26,35H,4,6-8,13-15,17H2,1-2H3,(H,32,36)/b5-3-/t18-,23+,24-,25+,26+,30-/m0/s1. The molecule has 3 amide bonds. The number of ether oxygens (including phenoxy) is 3. The summed E-state index contributed by atoms with van der Waals surface area (Å²) in [5.74, 6) is -2.85. The zero-order chi connectivity index (χ0) is 30.0.